The number of nitrogens with one attached hydrogen (secondary N) is 1. The van der Waals surface area contributed by atoms with E-state index in [1.165, 1.54) is 26.4 Å². The van der Waals surface area contributed by atoms with Gasteiger partial charge < -0.3 is 10.1 Å². The molecular weight excluding hydrogens is 229 g/mol. The zero-order valence-electron chi connectivity index (χ0n) is 11.2. The Bertz CT molecular complexity index is 394. The maximum Gasteiger partial charge on any atom is 0.169 e. The van der Waals surface area contributed by atoms with Crippen LogP contribution in [0.15, 0.2) is 18.2 Å². The van der Waals surface area contributed by atoms with Crippen molar-refractivity contribution in [3.05, 3.63) is 29.6 Å². The van der Waals surface area contributed by atoms with E-state index < -0.39 is 0 Å². The first-order valence-corrected chi connectivity index (χ1v) is 6.74. The molecule has 1 aromatic rings. The van der Waals surface area contributed by atoms with Gasteiger partial charge in [0.15, 0.2) is 11.6 Å². The normalized spacial score (nSPS) is 23.3. The third-order valence-electron chi connectivity index (χ3n) is 4.02. The molecular formula is C15H22FNO. The van der Waals surface area contributed by atoms with Crippen LogP contribution in [0.4, 0.5) is 4.39 Å². The predicted octanol–water partition coefficient (Wildman–Crippen LogP) is 3.36. The molecule has 0 heterocycles. The summed E-state index contributed by atoms with van der Waals surface area (Å²) in [6, 6.07) is 5.29. The van der Waals surface area contributed by atoms with Crippen molar-refractivity contribution in [2.75, 3.05) is 13.7 Å². The van der Waals surface area contributed by atoms with E-state index in [9.17, 15) is 4.39 Å². The molecule has 2 nitrogen and oxygen atoms in total. The number of hydrogen-bond acceptors (Lipinski definition) is 2. The van der Waals surface area contributed by atoms with Crippen LogP contribution in [0.1, 0.15) is 31.7 Å². The molecule has 1 saturated carbocycles. The van der Waals surface area contributed by atoms with Crippen LogP contribution >= 0.6 is 0 Å². The third kappa shape index (κ3) is 3.02. The second-order valence-electron chi connectivity index (χ2n) is 5.23. The minimum atomic E-state index is -0.244. The summed E-state index contributed by atoms with van der Waals surface area (Å²) in [5, 5.41) is 3.37. The molecule has 0 spiro atoms. The quantitative estimate of drug-likeness (QED) is 0.866. The topological polar surface area (TPSA) is 21.3 Å². The van der Waals surface area contributed by atoms with Crippen LogP contribution in [0.25, 0.3) is 0 Å². The fourth-order valence-electron chi connectivity index (χ4n) is 2.77. The van der Waals surface area contributed by atoms with Crippen LogP contribution in [0.2, 0.25) is 0 Å². The number of benzene rings is 1. The molecule has 2 rings (SSSR count). The lowest BCUT2D eigenvalue weighted by Gasteiger charge is -2.16. The fraction of sp³-hybridized carbons (Fsp3) is 0.600. The molecule has 0 aliphatic heterocycles. The summed E-state index contributed by atoms with van der Waals surface area (Å²) in [6.07, 6.45) is 3.97. The highest BCUT2D eigenvalue weighted by atomic mass is 19.1. The highest BCUT2D eigenvalue weighted by molar-refractivity contribution is 5.30. The molecule has 3 heteroatoms. The molecule has 1 fully saturated rings. The van der Waals surface area contributed by atoms with Crippen molar-refractivity contribution in [3.8, 4) is 5.75 Å². The van der Waals surface area contributed by atoms with E-state index in [2.05, 4.69) is 12.2 Å². The van der Waals surface area contributed by atoms with Gasteiger partial charge >= 0.3 is 0 Å². The molecule has 2 atom stereocenters. The average Bonchev–Trinajstić information content (AvgIpc) is 2.77. The van der Waals surface area contributed by atoms with Crippen molar-refractivity contribution in [2.45, 2.75) is 32.7 Å². The molecule has 0 bridgehead atoms. The molecule has 0 radical (unpaired) electrons. The van der Waals surface area contributed by atoms with Gasteiger partial charge in [-0.15, -0.1) is 0 Å². The first-order chi connectivity index (χ1) is 8.72. The van der Waals surface area contributed by atoms with Crippen molar-refractivity contribution in [2.24, 2.45) is 11.8 Å². The molecule has 100 valence electrons. The van der Waals surface area contributed by atoms with Crippen molar-refractivity contribution in [3.63, 3.8) is 0 Å². The van der Waals surface area contributed by atoms with E-state index in [0.29, 0.717) is 17.9 Å². The molecule has 18 heavy (non-hydrogen) atoms. The highest BCUT2D eigenvalue weighted by Crippen LogP contribution is 2.30. The SMILES string of the molecule is COc1cccc(CNCC2CCCC2C)c1F. The molecule has 1 aliphatic carbocycles. The standard InChI is InChI=1S/C15H22FNO/c1-11-5-3-6-12(11)9-17-10-13-7-4-8-14(18-2)15(13)16/h4,7-8,11-12,17H,3,5-6,9-10H2,1-2H3. The van der Waals surface area contributed by atoms with E-state index in [1.54, 1.807) is 6.07 Å². The van der Waals surface area contributed by atoms with Crippen LogP contribution in [0, 0.1) is 17.7 Å². The Morgan fingerprint density at radius 2 is 2.22 bits per heavy atom. The summed E-state index contributed by atoms with van der Waals surface area (Å²) in [4.78, 5) is 0. The Hall–Kier alpha value is -1.09. The van der Waals surface area contributed by atoms with Crippen LogP contribution in [0.3, 0.4) is 0 Å². The van der Waals surface area contributed by atoms with Gasteiger partial charge in [0.05, 0.1) is 7.11 Å². The molecule has 0 amide bonds. The smallest absolute Gasteiger partial charge is 0.169 e. The van der Waals surface area contributed by atoms with Crippen molar-refractivity contribution in [1.29, 1.82) is 0 Å². The van der Waals surface area contributed by atoms with Gasteiger partial charge in [-0.3, -0.25) is 0 Å². The van der Waals surface area contributed by atoms with Crippen molar-refractivity contribution in [1.82, 2.24) is 5.32 Å². The van der Waals surface area contributed by atoms with Crippen molar-refractivity contribution < 1.29 is 9.13 Å². The molecule has 0 aromatic heterocycles. The minimum Gasteiger partial charge on any atom is -0.494 e. The Balaban J connectivity index is 1.86. The zero-order valence-corrected chi connectivity index (χ0v) is 11.2. The molecule has 1 N–H and O–H groups in total. The van der Waals surface area contributed by atoms with Gasteiger partial charge in [-0.1, -0.05) is 31.9 Å². The summed E-state index contributed by atoms with van der Waals surface area (Å²) >= 11 is 0. The maximum atomic E-state index is 13.9. The Labute approximate surface area is 109 Å². The number of ether oxygens (including phenoxy) is 1. The number of rotatable bonds is 5. The third-order valence-corrected chi connectivity index (χ3v) is 4.02. The highest BCUT2D eigenvalue weighted by Gasteiger charge is 2.22. The monoisotopic (exact) mass is 251 g/mol. The summed E-state index contributed by atoms with van der Waals surface area (Å²) < 4.78 is 18.9. The second kappa shape index (κ2) is 6.19. The van der Waals surface area contributed by atoms with E-state index in [4.69, 9.17) is 4.74 Å². The fourth-order valence-corrected chi connectivity index (χ4v) is 2.77. The molecule has 0 saturated heterocycles. The number of halogens is 1. The van der Waals surface area contributed by atoms with Gasteiger partial charge in [0.1, 0.15) is 0 Å². The van der Waals surface area contributed by atoms with Gasteiger partial charge in [0.25, 0.3) is 0 Å². The van der Waals surface area contributed by atoms with E-state index in [1.807, 2.05) is 12.1 Å². The first kappa shape index (κ1) is 13.3. The largest absolute Gasteiger partial charge is 0.494 e. The van der Waals surface area contributed by atoms with Gasteiger partial charge in [-0.25, -0.2) is 4.39 Å². The number of hydrogen-bond donors (Lipinski definition) is 1. The summed E-state index contributed by atoms with van der Waals surface area (Å²) in [7, 11) is 1.50. The van der Waals surface area contributed by atoms with Gasteiger partial charge in [-0.2, -0.15) is 0 Å². The van der Waals surface area contributed by atoms with Gasteiger partial charge in [0.2, 0.25) is 0 Å². The lowest BCUT2D eigenvalue weighted by molar-refractivity contribution is 0.376. The van der Waals surface area contributed by atoms with Crippen LogP contribution in [0.5, 0.6) is 5.75 Å². The van der Waals surface area contributed by atoms with Gasteiger partial charge in [0, 0.05) is 12.1 Å². The van der Waals surface area contributed by atoms with E-state index >= 15 is 0 Å². The lowest BCUT2D eigenvalue weighted by Crippen LogP contribution is -2.24. The Kier molecular flexibility index (Phi) is 4.59. The molecule has 1 aliphatic rings. The number of methoxy groups -OCH3 is 1. The first-order valence-electron chi connectivity index (χ1n) is 6.74. The van der Waals surface area contributed by atoms with Crippen molar-refractivity contribution >= 4 is 0 Å². The second-order valence-corrected chi connectivity index (χ2v) is 5.23. The summed E-state index contributed by atoms with van der Waals surface area (Å²) in [5.41, 5.74) is 0.681. The Morgan fingerprint density at radius 1 is 1.39 bits per heavy atom. The minimum absolute atomic E-state index is 0.244. The molecule has 1 aromatic carbocycles. The van der Waals surface area contributed by atoms with E-state index in [0.717, 1.165) is 18.4 Å². The maximum absolute atomic E-state index is 13.9. The van der Waals surface area contributed by atoms with E-state index in [-0.39, 0.29) is 5.82 Å². The van der Waals surface area contributed by atoms with Crippen LogP contribution in [-0.2, 0) is 6.54 Å². The predicted molar refractivity (Wildman–Crippen MR) is 71.2 cm³/mol. The lowest BCUT2D eigenvalue weighted by atomic mass is 9.98. The average molecular weight is 251 g/mol. The zero-order chi connectivity index (χ0) is 13.0. The van der Waals surface area contributed by atoms with Gasteiger partial charge in [-0.05, 0) is 30.9 Å². The summed E-state index contributed by atoms with van der Waals surface area (Å²) in [6.45, 7) is 3.87. The van der Waals surface area contributed by atoms with Crippen LogP contribution < -0.4 is 10.1 Å². The van der Waals surface area contributed by atoms with Crippen LogP contribution in [-0.4, -0.2) is 13.7 Å². The molecule has 2 unspecified atom stereocenters. The Morgan fingerprint density at radius 3 is 2.89 bits per heavy atom. The summed E-state index contributed by atoms with van der Waals surface area (Å²) in [5.74, 6) is 1.63.